The average Bonchev–Trinajstić information content (AvgIpc) is 1.81. The van der Waals surface area contributed by atoms with E-state index < -0.39 is 13.2 Å². The zero-order valence-corrected chi connectivity index (χ0v) is 8.40. The lowest BCUT2D eigenvalue weighted by molar-refractivity contribution is -0.216. The van der Waals surface area contributed by atoms with Crippen LogP contribution in [-0.2, 0) is 9.47 Å². The Morgan fingerprint density at radius 3 is 1.43 bits per heavy atom. The third kappa shape index (κ3) is 22.6. The first-order valence-corrected chi connectivity index (χ1v) is 4.06. The van der Waals surface area contributed by atoms with Crippen LogP contribution >= 0.6 is 0 Å². The lowest BCUT2D eigenvalue weighted by Crippen LogP contribution is -2.42. The van der Waals surface area contributed by atoms with Gasteiger partial charge in [0, 0.05) is 20.1 Å². The molecule has 0 fully saturated rings. The molecule has 0 atom stereocenters. The maximum Gasteiger partial charge on any atom is 0.673 e. The molecule has 0 saturated carbocycles. The van der Waals surface area contributed by atoms with Crippen molar-refractivity contribution in [2.45, 2.75) is 26.7 Å². The summed E-state index contributed by atoms with van der Waals surface area (Å²) in [5, 5.41) is 0. The van der Waals surface area contributed by atoms with Crippen molar-refractivity contribution in [3.05, 3.63) is 0 Å². The van der Waals surface area contributed by atoms with Gasteiger partial charge in [-0.2, -0.15) is 0 Å². The monoisotopic (exact) mass is 220 g/mol. The molecule has 0 radical (unpaired) electrons. The molecule has 0 unspecified atom stereocenters. The van der Waals surface area contributed by atoms with Crippen molar-refractivity contribution >= 4 is 7.25 Å². The maximum absolute atomic E-state index is 9.75. The molecule has 0 saturated heterocycles. The largest absolute Gasteiger partial charge is 0.673 e. The zero-order valence-electron chi connectivity index (χ0n) is 8.40. The van der Waals surface area contributed by atoms with Crippen molar-refractivity contribution in [1.29, 1.82) is 0 Å². The van der Waals surface area contributed by atoms with E-state index in [9.17, 15) is 17.3 Å². The summed E-state index contributed by atoms with van der Waals surface area (Å²) in [6.45, 7) is 6.61. The maximum atomic E-state index is 9.75. The minimum absolute atomic E-state index is 0.576. The first kappa shape index (κ1) is 16.1. The van der Waals surface area contributed by atoms with E-state index in [-0.39, 0.29) is 0 Å². The van der Waals surface area contributed by atoms with Gasteiger partial charge in [-0.05, 0) is 13.8 Å². The molecule has 14 heavy (non-hydrogen) atoms. The lowest BCUT2D eigenvalue weighted by Gasteiger charge is -2.23. The van der Waals surface area contributed by atoms with Gasteiger partial charge in [0.15, 0.2) is 0 Å². The van der Waals surface area contributed by atoms with Crippen LogP contribution in [0.4, 0.5) is 17.3 Å². The molecule has 0 aliphatic heterocycles. The number of halogens is 4. The quantitative estimate of drug-likeness (QED) is 0.447. The van der Waals surface area contributed by atoms with Crippen molar-refractivity contribution in [2.75, 3.05) is 13.2 Å². The summed E-state index contributed by atoms with van der Waals surface area (Å²) >= 11 is 0. The molecule has 0 spiro atoms. The molecule has 0 aliphatic carbocycles. The Kier molecular flexibility index (Phi) is 8.08. The van der Waals surface area contributed by atoms with Crippen molar-refractivity contribution < 1.29 is 26.7 Å². The molecule has 0 heterocycles. The van der Waals surface area contributed by atoms with Gasteiger partial charge in [-0.15, -0.1) is 0 Å². The van der Waals surface area contributed by atoms with Gasteiger partial charge in [0.2, 0.25) is 5.91 Å². The van der Waals surface area contributed by atoms with E-state index in [2.05, 4.69) is 0 Å². The molecule has 0 aromatic rings. The van der Waals surface area contributed by atoms with E-state index in [1.54, 1.807) is 6.92 Å². The van der Waals surface area contributed by atoms with Crippen LogP contribution in [0.3, 0.4) is 0 Å². The predicted molar refractivity (Wildman–Crippen MR) is 46.0 cm³/mol. The van der Waals surface area contributed by atoms with Crippen molar-refractivity contribution in [3.63, 3.8) is 0 Å². The molecule has 88 valence electrons. The highest BCUT2D eigenvalue weighted by Crippen LogP contribution is 2.06. The summed E-state index contributed by atoms with van der Waals surface area (Å²) in [7, 11) is -6.00. The molecule has 0 aromatic heterocycles. The van der Waals surface area contributed by atoms with Gasteiger partial charge in [-0.3, -0.25) is 5.73 Å². The number of rotatable bonds is 4. The van der Waals surface area contributed by atoms with Crippen LogP contribution in [0.25, 0.3) is 0 Å². The van der Waals surface area contributed by atoms with Gasteiger partial charge < -0.3 is 26.7 Å². The summed E-state index contributed by atoms with van der Waals surface area (Å²) < 4.78 is 49.1. The van der Waals surface area contributed by atoms with Gasteiger partial charge in [0.05, 0.1) is 0 Å². The standard InChI is InChI=1S/C6H15NO2.BF4/c1-4-8-6(3,7)9-5-2;2-1(3,4)5/h4-5,7H2,1-3H3;/q;-1. The number of ether oxygens (including phenoxy) is 2. The van der Waals surface area contributed by atoms with Gasteiger partial charge in [0.1, 0.15) is 0 Å². The highest BCUT2D eigenvalue weighted by Gasteiger charge is 2.20. The molecule has 2 N–H and O–H groups in total. The molecule has 0 aromatic carbocycles. The third-order valence-corrected chi connectivity index (χ3v) is 0.862. The lowest BCUT2D eigenvalue weighted by atomic mass is 10.3. The minimum atomic E-state index is -6.00. The van der Waals surface area contributed by atoms with Gasteiger partial charge >= 0.3 is 7.25 Å². The second-order valence-corrected chi connectivity index (χ2v) is 2.38. The van der Waals surface area contributed by atoms with E-state index in [4.69, 9.17) is 15.2 Å². The normalized spacial score (nSPS) is 12.0. The second kappa shape index (κ2) is 7.02. The molecular weight excluding hydrogens is 205 g/mol. The van der Waals surface area contributed by atoms with Crippen molar-refractivity contribution in [3.8, 4) is 0 Å². The topological polar surface area (TPSA) is 44.5 Å². The Bertz CT molecular complexity index is 128. The number of hydrogen-bond acceptors (Lipinski definition) is 3. The van der Waals surface area contributed by atoms with Crippen LogP contribution in [0.2, 0.25) is 0 Å². The van der Waals surface area contributed by atoms with Gasteiger partial charge in [-0.1, -0.05) is 0 Å². The summed E-state index contributed by atoms with van der Waals surface area (Å²) in [5.74, 6) is -0.899. The summed E-state index contributed by atoms with van der Waals surface area (Å²) in [6, 6.07) is 0. The third-order valence-electron chi connectivity index (χ3n) is 0.862. The predicted octanol–water partition coefficient (Wildman–Crippen LogP) is 1.99. The van der Waals surface area contributed by atoms with Crippen LogP contribution in [0.5, 0.6) is 0 Å². The molecule has 0 bridgehead atoms. The highest BCUT2D eigenvalue weighted by molar-refractivity contribution is 6.50. The summed E-state index contributed by atoms with van der Waals surface area (Å²) in [6.07, 6.45) is 0. The van der Waals surface area contributed by atoms with E-state index >= 15 is 0 Å². The fraction of sp³-hybridized carbons (Fsp3) is 1.00. The van der Waals surface area contributed by atoms with E-state index in [0.29, 0.717) is 13.2 Å². The summed E-state index contributed by atoms with van der Waals surface area (Å²) in [5.41, 5.74) is 5.49. The van der Waals surface area contributed by atoms with Crippen molar-refractivity contribution in [1.82, 2.24) is 0 Å². The van der Waals surface area contributed by atoms with Gasteiger partial charge in [0.25, 0.3) is 0 Å². The zero-order chi connectivity index (χ0) is 11.8. The minimum Gasteiger partial charge on any atom is -0.418 e. The second-order valence-electron chi connectivity index (χ2n) is 2.38. The molecular formula is C6H15BF4NO2-. The Balaban J connectivity index is 0. The fourth-order valence-electron chi connectivity index (χ4n) is 0.615. The summed E-state index contributed by atoms with van der Waals surface area (Å²) in [4.78, 5) is 0. The van der Waals surface area contributed by atoms with Crippen LogP contribution in [0.1, 0.15) is 20.8 Å². The van der Waals surface area contributed by atoms with E-state index in [0.717, 1.165) is 0 Å². The average molecular weight is 220 g/mol. The van der Waals surface area contributed by atoms with E-state index in [1.165, 1.54) is 0 Å². The van der Waals surface area contributed by atoms with Crippen LogP contribution in [-0.4, -0.2) is 26.4 Å². The SMILES string of the molecule is CCOC(C)(N)OCC.F[B-](F)(F)F. The molecule has 0 amide bonds. The molecule has 3 nitrogen and oxygen atoms in total. The Labute approximate surface area is 80.7 Å². The van der Waals surface area contributed by atoms with Crippen LogP contribution in [0.15, 0.2) is 0 Å². The fourth-order valence-corrected chi connectivity index (χ4v) is 0.615. The van der Waals surface area contributed by atoms with Gasteiger partial charge in [-0.25, -0.2) is 0 Å². The Hall–Kier alpha value is -0.335. The molecule has 0 rings (SSSR count). The molecule has 8 heteroatoms. The van der Waals surface area contributed by atoms with E-state index in [1.807, 2.05) is 13.8 Å². The Morgan fingerprint density at radius 1 is 1.07 bits per heavy atom. The molecule has 0 aliphatic rings. The Morgan fingerprint density at radius 2 is 1.29 bits per heavy atom. The first-order valence-electron chi connectivity index (χ1n) is 4.06. The highest BCUT2D eigenvalue weighted by atomic mass is 19.5. The number of hydrogen-bond donors (Lipinski definition) is 1. The van der Waals surface area contributed by atoms with Crippen molar-refractivity contribution in [2.24, 2.45) is 5.73 Å². The van der Waals surface area contributed by atoms with Crippen LogP contribution in [0, 0.1) is 0 Å². The first-order chi connectivity index (χ1) is 6.12. The van der Waals surface area contributed by atoms with Crippen LogP contribution < -0.4 is 5.73 Å². The number of nitrogens with two attached hydrogens (primary N) is 1. The smallest absolute Gasteiger partial charge is 0.418 e.